The normalized spacial score (nSPS) is 15.9. The number of likely N-dealkylation sites (N-methyl/N-ethyl adjacent to an activating group) is 1. The first kappa shape index (κ1) is 13.8. The topological polar surface area (TPSA) is 63.9 Å². The molecule has 0 aliphatic rings. The van der Waals surface area contributed by atoms with Crippen molar-refractivity contribution in [2.45, 2.75) is 38.4 Å². The Kier molecular flexibility index (Phi) is 8.08. The molecule has 0 radical (unpaired) electrons. The van der Waals surface area contributed by atoms with Crippen LogP contribution in [0.25, 0.3) is 0 Å². The van der Waals surface area contributed by atoms with E-state index in [0.717, 1.165) is 19.4 Å². The van der Waals surface area contributed by atoms with Crippen LogP contribution in [0.15, 0.2) is 0 Å². The highest BCUT2D eigenvalue weighted by molar-refractivity contribution is 4.66. The van der Waals surface area contributed by atoms with Gasteiger partial charge in [-0.15, -0.1) is 0 Å². The summed E-state index contributed by atoms with van der Waals surface area (Å²) < 4.78 is 0. The minimum Gasteiger partial charge on any atom is -0.394 e. The van der Waals surface area contributed by atoms with E-state index in [4.69, 9.17) is 10.2 Å². The van der Waals surface area contributed by atoms with Crippen LogP contribution in [0.3, 0.4) is 0 Å². The van der Waals surface area contributed by atoms with Crippen molar-refractivity contribution in [1.82, 2.24) is 4.90 Å². The maximum Gasteiger partial charge on any atom is 0.0796 e. The Morgan fingerprint density at radius 3 is 2.36 bits per heavy atom. The molecule has 0 fully saturated rings. The number of nitrogens with zero attached hydrogens (tertiary/aromatic N) is 1. The minimum atomic E-state index is -0.801. The summed E-state index contributed by atoms with van der Waals surface area (Å²) in [5, 5.41) is 27.2. The second-order valence-corrected chi connectivity index (χ2v) is 3.84. The van der Waals surface area contributed by atoms with E-state index >= 15 is 0 Å². The van der Waals surface area contributed by atoms with E-state index in [1.54, 1.807) is 0 Å². The molecule has 0 aromatic heterocycles. The van der Waals surface area contributed by atoms with Crippen molar-refractivity contribution in [1.29, 1.82) is 0 Å². The molecule has 0 spiro atoms. The van der Waals surface area contributed by atoms with Gasteiger partial charge in [-0.1, -0.05) is 13.3 Å². The molecular weight excluding hydrogens is 182 g/mol. The van der Waals surface area contributed by atoms with Crippen LogP contribution in [0.5, 0.6) is 0 Å². The summed E-state index contributed by atoms with van der Waals surface area (Å²) >= 11 is 0. The number of aliphatic hydroxyl groups is 3. The highest BCUT2D eigenvalue weighted by Gasteiger charge is 2.12. The summed E-state index contributed by atoms with van der Waals surface area (Å²) in [6, 6.07) is 0. The van der Waals surface area contributed by atoms with Crippen LogP contribution in [0, 0.1) is 0 Å². The van der Waals surface area contributed by atoms with E-state index in [0.29, 0.717) is 6.54 Å². The Bertz CT molecular complexity index is 133. The van der Waals surface area contributed by atoms with Gasteiger partial charge in [-0.25, -0.2) is 0 Å². The Balaban J connectivity index is 3.54. The van der Waals surface area contributed by atoms with Gasteiger partial charge in [0.15, 0.2) is 0 Å². The lowest BCUT2D eigenvalue weighted by Gasteiger charge is -2.21. The standard InChI is InChI=1S/C10H23NO3/c1-3-4-5-11(2)7-9(13)6-10(14)8-12/h9-10,12-14H,3-8H2,1-2H3/t9-,10-/m0/s1. The number of rotatable bonds is 8. The summed E-state index contributed by atoms with van der Waals surface area (Å²) in [6.07, 6.45) is 1.14. The second kappa shape index (κ2) is 8.17. The van der Waals surface area contributed by atoms with Gasteiger partial charge < -0.3 is 20.2 Å². The fourth-order valence-electron chi connectivity index (χ4n) is 1.34. The predicted molar refractivity (Wildman–Crippen MR) is 56.1 cm³/mol. The molecule has 3 N–H and O–H groups in total. The molecule has 0 amide bonds. The van der Waals surface area contributed by atoms with E-state index in [1.165, 1.54) is 0 Å². The van der Waals surface area contributed by atoms with Gasteiger partial charge in [-0.05, 0) is 20.0 Å². The fraction of sp³-hybridized carbons (Fsp3) is 1.00. The summed E-state index contributed by atoms with van der Waals surface area (Å²) in [6.45, 7) is 3.36. The molecule has 0 aromatic carbocycles. The first-order chi connectivity index (χ1) is 6.60. The Labute approximate surface area is 86.2 Å². The van der Waals surface area contributed by atoms with Crippen LogP contribution in [0.1, 0.15) is 26.2 Å². The van der Waals surface area contributed by atoms with Crippen molar-refractivity contribution in [3.05, 3.63) is 0 Å². The molecule has 4 nitrogen and oxygen atoms in total. The average Bonchev–Trinajstić information content (AvgIpc) is 2.14. The first-order valence-electron chi connectivity index (χ1n) is 5.25. The third kappa shape index (κ3) is 7.26. The van der Waals surface area contributed by atoms with Crippen molar-refractivity contribution >= 4 is 0 Å². The number of hydrogen-bond acceptors (Lipinski definition) is 4. The molecule has 2 atom stereocenters. The lowest BCUT2D eigenvalue weighted by Crippen LogP contribution is -2.33. The number of hydrogen-bond donors (Lipinski definition) is 3. The molecule has 4 heteroatoms. The van der Waals surface area contributed by atoms with Crippen LogP contribution in [-0.2, 0) is 0 Å². The first-order valence-corrected chi connectivity index (χ1v) is 5.25. The van der Waals surface area contributed by atoms with Crippen molar-refractivity contribution in [3.63, 3.8) is 0 Å². The summed E-state index contributed by atoms with van der Waals surface area (Å²) in [5.41, 5.74) is 0. The zero-order chi connectivity index (χ0) is 11.0. The molecule has 0 saturated heterocycles. The van der Waals surface area contributed by atoms with Crippen molar-refractivity contribution in [2.24, 2.45) is 0 Å². The molecule has 0 rings (SSSR count). The van der Waals surface area contributed by atoms with Gasteiger partial charge in [0.1, 0.15) is 0 Å². The SMILES string of the molecule is CCCCN(C)C[C@@H](O)C[C@H](O)CO. The van der Waals surface area contributed by atoms with E-state index in [2.05, 4.69) is 6.92 Å². The smallest absolute Gasteiger partial charge is 0.0796 e. The van der Waals surface area contributed by atoms with Gasteiger partial charge in [0.05, 0.1) is 18.8 Å². The molecule has 0 unspecified atom stereocenters. The van der Waals surface area contributed by atoms with Gasteiger partial charge in [-0.2, -0.15) is 0 Å². The van der Waals surface area contributed by atoms with Crippen LogP contribution >= 0.6 is 0 Å². The van der Waals surface area contributed by atoms with Crippen molar-refractivity contribution in [2.75, 3.05) is 26.7 Å². The lowest BCUT2D eigenvalue weighted by atomic mass is 10.1. The number of aliphatic hydroxyl groups excluding tert-OH is 3. The van der Waals surface area contributed by atoms with Gasteiger partial charge in [-0.3, -0.25) is 0 Å². The van der Waals surface area contributed by atoms with Crippen LogP contribution in [0.4, 0.5) is 0 Å². The molecule has 0 aliphatic carbocycles. The molecule has 0 aromatic rings. The number of unbranched alkanes of at least 4 members (excludes halogenated alkanes) is 1. The Hall–Kier alpha value is -0.160. The predicted octanol–water partition coefficient (Wildman–Crippen LogP) is -0.178. The van der Waals surface area contributed by atoms with E-state index in [-0.39, 0.29) is 13.0 Å². The lowest BCUT2D eigenvalue weighted by molar-refractivity contribution is 0.0300. The summed E-state index contributed by atoms with van der Waals surface area (Å²) in [7, 11) is 1.95. The van der Waals surface area contributed by atoms with E-state index in [9.17, 15) is 5.11 Å². The quantitative estimate of drug-likeness (QED) is 0.514. The van der Waals surface area contributed by atoms with E-state index in [1.807, 2.05) is 11.9 Å². The zero-order valence-corrected chi connectivity index (χ0v) is 9.19. The van der Waals surface area contributed by atoms with Gasteiger partial charge >= 0.3 is 0 Å². The Morgan fingerprint density at radius 1 is 1.21 bits per heavy atom. The minimum absolute atomic E-state index is 0.243. The molecule has 0 aliphatic heterocycles. The fourth-order valence-corrected chi connectivity index (χ4v) is 1.34. The summed E-state index contributed by atoms with van der Waals surface area (Å²) in [4.78, 5) is 2.04. The molecule has 0 saturated carbocycles. The largest absolute Gasteiger partial charge is 0.394 e. The van der Waals surface area contributed by atoms with Crippen LogP contribution < -0.4 is 0 Å². The molecule has 0 heterocycles. The molecule has 86 valence electrons. The van der Waals surface area contributed by atoms with E-state index < -0.39 is 12.2 Å². The van der Waals surface area contributed by atoms with Gasteiger partial charge in [0.2, 0.25) is 0 Å². The molecule has 0 bridgehead atoms. The molecule has 14 heavy (non-hydrogen) atoms. The van der Waals surface area contributed by atoms with Gasteiger partial charge in [0.25, 0.3) is 0 Å². The third-order valence-electron chi connectivity index (χ3n) is 2.17. The Morgan fingerprint density at radius 2 is 1.86 bits per heavy atom. The summed E-state index contributed by atoms with van der Waals surface area (Å²) in [5.74, 6) is 0. The highest BCUT2D eigenvalue weighted by Crippen LogP contribution is 2.01. The van der Waals surface area contributed by atoms with Crippen LogP contribution in [0.2, 0.25) is 0 Å². The highest BCUT2D eigenvalue weighted by atomic mass is 16.3. The monoisotopic (exact) mass is 205 g/mol. The van der Waals surface area contributed by atoms with Crippen molar-refractivity contribution < 1.29 is 15.3 Å². The average molecular weight is 205 g/mol. The van der Waals surface area contributed by atoms with Gasteiger partial charge in [0, 0.05) is 13.0 Å². The second-order valence-electron chi connectivity index (χ2n) is 3.84. The van der Waals surface area contributed by atoms with Crippen LogP contribution in [-0.4, -0.2) is 59.2 Å². The maximum absolute atomic E-state index is 9.51. The molecular formula is C10H23NO3. The zero-order valence-electron chi connectivity index (χ0n) is 9.19. The maximum atomic E-state index is 9.51. The van der Waals surface area contributed by atoms with Crippen molar-refractivity contribution in [3.8, 4) is 0 Å². The third-order valence-corrected chi connectivity index (χ3v) is 2.17.